The molecule has 0 atom stereocenters. The van der Waals surface area contributed by atoms with E-state index < -0.39 is 0 Å². The Hall–Kier alpha value is -2.56. The number of aromatic hydroxyl groups is 1. The molecule has 3 rings (SSSR count). The average molecular weight is 282 g/mol. The van der Waals surface area contributed by atoms with Crippen LogP contribution in [0.25, 0.3) is 11.0 Å². The molecule has 108 valence electrons. The predicted octanol–water partition coefficient (Wildman–Crippen LogP) is 3.33. The first-order valence-electron chi connectivity index (χ1n) is 6.99. The van der Waals surface area contributed by atoms with E-state index >= 15 is 0 Å². The van der Waals surface area contributed by atoms with Gasteiger partial charge in [-0.05, 0) is 44.2 Å². The van der Waals surface area contributed by atoms with Gasteiger partial charge in [-0.3, -0.25) is 4.98 Å². The molecule has 3 aromatic rings. The van der Waals surface area contributed by atoms with Crippen LogP contribution in [0.5, 0.6) is 5.75 Å². The Labute approximate surface area is 123 Å². The molecule has 0 aliphatic carbocycles. The first-order valence-corrected chi connectivity index (χ1v) is 6.99. The Morgan fingerprint density at radius 1 is 1.19 bits per heavy atom. The molecule has 0 saturated carbocycles. The van der Waals surface area contributed by atoms with Crippen molar-refractivity contribution in [1.82, 2.24) is 14.5 Å². The van der Waals surface area contributed by atoms with Crippen LogP contribution in [0.3, 0.4) is 0 Å². The number of anilines is 1. The zero-order valence-corrected chi connectivity index (χ0v) is 12.1. The smallest absolute Gasteiger partial charge is 0.129 e. The predicted molar refractivity (Wildman–Crippen MR) is 83.3 cm³/mol. The Morgan fingerprint density at radius 3 is 2.67 bits per heavy atom. The highest BCUT2D eigenvalue weighted by atomic mass is 16.3. The van der Waals surface area contributed by atoms with Gasteiger partial charge >= 0.3 is 0 Å². The van der Waals surface area contributed by atoms with Gasteiger partial charge in [0.25, 0.3) is 0 Å². The van der Waals surface area contributed by atoms with Crippen molar-refractivity contribution in [2.75, 3.05) is 5.32 Å². The van der Waals surface area contributed by atoms with Gasteiger partial charge in [-0.2, -0.15) is 0 Å². The zero-order valence-electron chi connectivity index (χ0n) is 12.1. The number of phenols is 1. The van der Waals surface area contributed by atoms with Gasteiger partial charge in [0.15, 0.2) is 0 Å². The van der Waals surface area contributed by atoms with Crippen molar-refractivity contribution in [3.8, 4) is 5.75 Å². The standard InChI is InChI=1S/C16H18N4O/c1-11(2)20-15-7-8-17-9-14(15)19-16(20)10-18-12-3-5-13(21)6-4-12/h3-9,11,18,21H,10H2,1-2H3. The largest absolute Gasteiger partial charge is 0.508 e. The summed E-state index contributed by atoms with van der Waals surface area (Å²) in [4.78, 5) is 8.79. The minimum atomic E-state index is 0.265. The number of nitrogens with one attached hydrogen (secondary N) is 1. The summed E-state index contributed by atoms with van der Waals surface area (Å²) in [6.07, 6.45) is 3.58. The van der Waals surface area contributed by atoms with E-state index in [4.69, 9.17) is 0 Å². The van der Waals surface area contributed by atoms with Crippen molar-refractivity contribution in [1.29, 1.82) is 0 Å². The summed E-state index contributed by atoms with van der Waals surface area (Å²) < 4.78 is 2.21. The Balaban J connectivity index is 1.89. The summed E-state index contributed by atoms with van der Waals surface area (Å²) in [6.45, 7) is 4.91. The lowest BCUT2D eigenvalue weighted by Gasteiger charge is -2.14. The number of aromatic nitrogens is 3. The Kier molecular flexibility index (Phi) is 3.48. The van der Waals surface area contributed by atoms with Gasteiger partial charge < -0.3 is 15.0 Å². The molecule has 0 aliphatic rings. The van der Waals surface area contributed by atoms with Gasteiger partial charge in [-0.25, -0.2) is 4.98 Å². The molecule has 1 aromatic carbocycles. The lowest BCUT2D eigenvalue weighted by atomic mass is 10.3. The highest BCUT2D eigenvalue weighted by Gasteiger charge is 2.12. The fourth-order valence-corrected chi connectivity index (χ4v) is 2.46. The molecule has 0 spiro atoms. The SMILES string of the molecule is CC(C)n1c(CNc2ccc(O)cc2)nc2cnccc21. The first kappa shape index (κ1) is 13.4. The van der Waals surface area contributed by atoms with E-state index in [1.54, 1.807) is 24.5 Å². The second kappa shape index (κ2) is 5.44. The molecule has 0 unspecified atom stereocenters. The highest BCUT2D eigenvalue weighted by Crippen LogP contribution is 2.21. The molecule has 0 bridgehead atoms. The third-order valence-electron chi connectivity index (χ3n) is 3.40. The van der Waals surface area contributed by atoms with E-state index in [0.717, 1.165) is 22.5 Å². The van der Waals surface area contributed by atoms with Gasteiger partial charge in [0.1, 0.15) is 17.1 Å². The van der Waals surface area contributed by atoms with Crippen LogP contribution in [0.15, 0.2) is 42.7 Å². The summed E-state index contributed by atoms with van der Waals surface area (Å²) >= 11 is 0. The number of pyridine rings is 1. The normalized spacial score (nSPS) is 11.2. The van der Waals surface area contributed by atoms with E-state index in [0.29, 0.717) is 12.6 Å². The quantitative estimate of drug-likeness (QED) is 0.720. The van der Waals surface area contributed by atoms with Crippen molar-refractivity contribution in [2.24, 2.45) is 0 Å². The van der Waals surface area contributed by atoms with E-state index in [1.807, 2.05) is 18.2 Å². The highest BCUT2D eigenvalue weighted by molar-refractivity contribution is 5.75. The summed E-state index contributed by atoms with van der Waals surface area (Å²) in [5, 5.41) is 12.6. The lowest BCUT2D eigenvalue weighted by Crippen LogP contribution is -2.10. The molecule has 2 N–H and O–H groups in total. The van der Waals surface area contributed by atoms with Crippen LogP contribution >= 0.6 is 0 Å². The molecule has 21 heavy (non-hydrogen) atoms. The van der Waals surface area contributed by atoms with Crippen molar-refractivity contribution in [2.45, 2.75) is 26.4 Å². The Bertz CT molecular complexity index is 747. The van der Waals surface area contributed by atoms with Crippen LogP contribution in [0, 0.1) is 0 Å². The Morgan fingerprint density at radius 2 is 1.95 bits per heavy atom. The summed E-state index contributed by atoms with van der Waals surface area (Å²) in [5.41, 5.74) is 2.96. The maximum absolute atomic E-state index is 9.30. The molecule has 5 heteroatoms. The van der Waals surface area contributed by atoms with Crippen LogP contribution < -0.4 is 5.32 Å². The molecular formula is C16H18N4O. The number of hydrogen-bond donors (Lipinski definition) is 2. The van der Waals surface area contributed by atoms with E-state index in [1.165, 1.54) is 0 Å². The molecule has 2 aromatic heterocycles. The van der Waals surface area contributed by atoms with Crippen LogP contribution in [-0.4, -0.2) is 19.6 Å². The zero-order chi connectivity index (χ0) is 14.8. The molecule has 5 nitrogen and oxygen atoms in total. The number of rotatable bonds is 4. The van der Waals surface area contributed by atoms with E-state index in [9.17, 15) is 5.11 Å². The number of nitrogens with zero attached hydrogens (tertiary/aromatic N) is 3. The average Bonchev–Trinajstić information content (AvgIpc) is 2.85. The van der Waals surface area contributed by atoms with Crippen LogP contribution in [0.2, 0.25) is 0 Å². The van der Waals surface area contributed by atoms with Gasteiger partial charge in [0, 0.05) is 17.9 Å². The molecule has 0 amide bonds. The fourth-order valence-electron chi connectivity index (χ4n) is 2.46. The number of phenolic OH excluding ortho intramolecular Hbond substituents is 1. The van der Waals surface area contributed by atoms with Crippen molar-refractivity contribution in [3.05, 3.63) is 48.5 Å². The maximum Gasteiger partial charge on any atom is 0.129 e. The summed E-state index contributed by atoms with van der Waals surface area (Å²) in [7, 11) is 0. The van der Waals surface area contributed by atoms with Crippen molar-refractivity contribution >= 4 is 16.7 Å². The number of fused-ring (bicyclic) bond motifs is 1. The summed E-state index contributed by atoms with van der Waals surface area (Å²) in [6, 6.07) is 9.34. The van der Waals surface area contributed by atoms with Crippen molar-refractivity contribution in [3.63, 3.8) is 0 Å². The number of imidazole rings is 1. The van der Waals surface area contributed by atoms with E-state index in [-0.39, 0.29) is 5.75 Å². The van der Waals surface area contributed by atoms with Gasteiger partial charge in [-0.15, -0.1) is 0 Å². The monoisotopic (exact) mass is 282 g/mol. The first-order chi connectivity index (χ1) is 10.1. The second-order valence-electron chi connectivity index (χ2n) is 5.26. The second-order valence-corrected chi connectivity index (χ2v) is 5.26. The minimum Gasteiger partial charge on any atom is -0.508 e. The maximum atomic E-state index is 9.30. The van der Waals surface area contributed by atoms with Gasteiger partial charge in [0.2, 0.25) is 0 Å². The van der Waals surface area contributed by atoms with Crippen LogP contribution in [-0.2, 0) is 6.54 Å². The third kappa shape index (κ3) is 2.67. The third-order valence-corrected chi connectivity index (χ3v) is 3.40. The fraction of sp³-hybridized carbons (Fsp3) is 0.250. The van der Waals surface area contributed by atoms with Gasteiger partial charge in [-0.1, -0.05) is 0 Å². The van der Waals surface area contributed by atoms with Crippen LogP contribution in [0.1, 0.15) is 25.7 Å². The lowest BCUT2D eigenvalue weighted by molar-refractivity contribution is 0.475. The minimum absolute atomic E-state index is 0.265. The topological polar surface area (TPSA) is 63.0 Å². The molecule has 0 aliphatic heterocycles. The summed E-state index contributed by atoms with van der Waals surface area (Å²) in [5.74, 6) is 1.24. The molecule has 0 fully saturated rings. The molecular weight excluding hydrogens is 264 g/mol. The molecule has 0 saturated heterocycles. The molecule has 0 radical (unpaired) electrons. The van der Waals surface area contributed by atoms with Crippen LogP contribution in [0.4, 0.5) is 5.69 Å². The number of benzene rings is 1. The number of hydrogen-bond acceptors (Lipinski definition) is 4. The van der Waals surface area contributed by atoms with E-state index in [2.05, 4.69) is 33.7 Å². The van der Waals surface area contributed by atoms with Crippen molar-refractivity contribution < 1.29 is 5.11 Å². The van der Waals surface area contributed by atoms with Gasteiger partial charge in [0.05, 0.1) is 18.3 Å². The molecule has 2 heterocycles.